The molecule has 1 aliphatic heterocycles. The summed E-state index contributed by atoms with van der Waals surface area (Å²) >= 11 is 0. The van der Waals surface area contributed by atoms with Crippen LogP contribution < -0.4 is 5.32 Å². The van der Waals surface area contributed by atoms with E-state index in [-0.39, 0.29) is 23.7 Å². The fourth-order valence-electron chi connectivity index (χ4n) is 2.63. The van der Waals surface area contributed by atoms with Gasteiger partial charge in [-0.1, -0.05) is 31.2 Å². The maximum atomic E-state index is 12.4. The van der Waals surface area contributed by atoms with Gasteiger partial charge in [0.15, 0.2) is 0 Å². The molecule has 1 N–H and O–H groups in total. The summed E-state index contributed by atoms with van der Waals surface area (Å²) in [7, 11) is 1.68. The molecule has 1 saturated heterocycles. The van der Waals surface area contributed by atoms with Gasteiger partial charge in [-0.25, -0.2) is 0 Å². The van der Waals surface area contributed by atoms with Crippen LogP contribution in [0.15, 0.2) is 24.3 Å². The largest absolute Gasteiger partial charge is 0.377 e. The molecule has 4 nitrogen and oxygen atoms in total. The number of hydrogen-bond donors (Lipinski definition) is 1. The molecule has 4 heteroatoms. The first-order valence-electron chi connectivity index (χ1n) is 7.58. The van der Waals surface area contributed by atoms with Crippen molar-refractivity contribution in [3.8, 4) is 0 Å². The van der Waals surface area contributed by atoms with Crippen molar-refractivity contribution in [3.05, 3.63) is 35.4 Å². The number of nitrogens with zero attached hydrogens (tertiary/aromatic N) is 1. The topological polar surface area (TPSA) is 41.6 Å². The number of amides is 1. The van der Waals surface area contributed by atoms with Crippen LogP contribution in [0.4, 0.5) is 0 Å². The van der Waals surface area contributed by atoms with Crippen molar-refractivity contribution in [2.45, 2.75) is 51.9 Å². The minimum Gasteiger partial charge on any atom is -0.377 e. The highest BCUT2D eigenvalue weighted by molar-refractivity contribution is 5.84. The first kappa shape index (κ1) is 16.0. The molecule has 2 unspecified atom stereocenters. The van der Waals surface area contributed by atoms with E-state index in [1.165, 1.54) is 5.56 Å². The molecule has 0 aliphatic carbocycles. The number of benzene rings is 1. The zero-order valence-electron chi connectivity index (χ0n) is 13.6. The van der Waals surface area contributed by atoms with Gasteiger partial charge in [-0.3, -0.25) is 10.1 Å². The summed E-state index contributed by atoms with van der Waals surface area (Å²) in [5.41, 5.74) is 2.07. The van der Waals surface area contributed by atoms with Gasteiger partial charge in [0.25, 0.3) is 0 Å². The summed E-state index contributed by atoms with van der Waals surface area (Å²) in [5, 5.41) is 3.37. The van der Waals surface area contributed by atoms with Crippen LogP contribution >= 0.6 is 0 Å². The fourth-order valence-corrected chi connectivity index (χ4v) is 2.63. The van der Waals surface area contributed by atoms with Crippen molar-refractivity contribution in [1.82, 2.24) is 10.2 Å². The molecule has 0 saturated carbocycles. The lowest BCUT2D eigenvalue weighted by molar-refractivity contribution is -0.133. The summed E-state index contributed by atoms with van der Waals surface area (Å²) in [6.45, 7) is 8.62. The van der Waals surface area contributed by atoms with Crippen LogP contribution in [0, 0.1) is 0 Å². The summed E-state index contributed by atoms with van der Waals surface area (Å²) in [6, 6.07) is 8.31. The molecule has 0 bridgehead atoms. The highest BCUT2D eigenvalue weighted by Gasteiger charge is 2.39. The van der Waals surface area contributed by atoms with Crippen molar-refractivity contribution in [3.63, 3.8) is 0 Å². The third-order valence-electron chi connectivity index (χ3n) is 4.18. The van der Waals surface area contributed by atoms with Crippen LogP contribution in [0.25, 0.3) is 0 Å². The Kier molecular flexibility index (Phi) is 4.69. The molecule has 1 aromatic carbocycles. The minimum atomic E-state index is -0.358. The summed E-state index contributed by atoms with van der Waals surface area (Å²) in [5.74, 6) is 0.129. The van der Waals surface area contributed by atoms with Gasteiger partial charge in [-0.05, 0) is 38.3 Å². The summed E-state index contributed by atoms with van der Waals surface area (Å²) in [4.78, 5) is 14.3. The highest BCUT2D eigenvalue weighted by atomic mass is 16.5. The Morgan fingerprint density at radius 2 is 1.90 bits per heavy atom. The highest BCUT2D eigenvalue weighted by Crippen LogP contribution is 2.28. The smallest absolute Gasteiger partial charge is 0.241 e. The molecule has 116 valence electrons. The van der Waals surface area contributed by atoms with Gasteiger partial charge in [-0.15, -0.1) is 0 Å². The number of rotatable bonds is 5. The van der Waals surface area contributed by atoms with Gasteiger partial charge < -0.3 is 9.64 Å². The molecule has 0 aromatic heterocycles. The Hall–Kier alpha value is -1.39. The van der Waals surface area contributed by atoms with Crippen LogP contribution in [-0.4, -0.2) is 36.1 Å². The summed E-state index contributed by atoms with van der Waals surface area (Å²) < 4.78 is 5.48. The van der Waals surface area contributed by atoms with E-state index in [4.69, 9.17) is 4.74 Å². The predicted molar refractivity (Wildman–Crippen MR) is 84.0 cm³/mol. The van der Waals surface area contributed by atoms with Gasteiger partial charge >= 0.3 is 0 Å². The van der Waals surface area contributed by atoms with Crippen LogP contribution in [0.5, 0.6) is 0 Å². The van der Waals surface area contributed by atoms with Crippen LogP contribution in [0.2, 0.25) is 0 Å². The quantitative estimate of drug-likeness (QED) is 0.906. The minimum absolute atomic E-state index is 0.0761. The SMILES string of the molecule is CCc1ccc(C2NC(C)C(=O)N2CC(C)(C)OC)cc1. The Bertz CT molecular complexity index is 496. The fraction of sp³-hybridized carbons (Fsp3) is 0.588. The molecule has 1 aromatic rings. The second-order valence-electron chi connectivity index (χ2n) is 6.32. The molecular weight excluding hydrogens is 264 g/mol. The number of carbonyl (C=O) groups is 1. The van der Waals surface area contributed by atoms with Crippen molar-refractivity contribution in [2.75, 3.05) is 13.7 Å². The number of methoxy groups -OCH3 is 1. The Labute approximate surface area is 127 Å². The van der Waals surface area contributed by atoms with Gasteiger partial charge in [0.2, 0.25) is 5.91 Å². The molecule has 2 atom stereocenters. The van der Waals surface area contributed by atoms with E-state index in [1.807, 2.05) is 25.7 Å². The average Bonchev–Trinajstić information content (AvgIpc) is 2.75. The molecule has 0 radical (unpaired) electrons. The average molecular weight is 290 g/mol. The number of ether oxygens (including phenoxy) is 1. The van der Waals surface area contributed by atoms with Gasteiger partial charge in [0.05, 0.1) is 18.2 Å². The first-order chi connectivity index (χ1) is 9.88. The lowest BCUT2D eigenvalue weighted by atomic mass is 10.1. The molecule has 21 heavy (non-hydrogen) atoms. The van der Waals surface area contributed by atoms with E-state index < -0.39 is 0 Å². The van der Waals surface area contributed by atoms with Crippen molar-refractivity contribution in [1.29, 1.82) is 0 Å². The maximum absolute atomic E-state index is 12.4. The second kappa shape index (κ2) is 6.16. The zero-order chi connectivity index (χ0) is 15.6. The van der Waals surface area contributed by atoms with E-state index in [0.717, 1.165) is 12.0 Å². The normalized spacial score (nSPS) is 22.9. The van der Waals surface area contributed by atoms with Gasteiger partial charge in [-0.2, -0.15) is 0 Å². The lowest BCUT2D eigenvalue weighted by Gasteiger charge is -2.32. The third kappa shape index (κ3) is 3.44. The van der Waals surface area contributed by atoms with E-state index in [9.17, 15) is 4.79 Å². The van der Waals surface area contributed by atoms with Crippen LogP contribution in [0.1, 0.15) is 45.0 Å². The van der Waals surface area contributed by atoms with E-state index in [0.29, 0.717) is 6.54 Å². The van der Waals surface area contributed by atoms with Crippen LogP contribution in [0.3, 0.4) is 0 Å². The van der Waals surface area contributed by atoms with Crippen LogP contribution in [-0.2, 0) is 16.0 Å². The number of hydrogen-bond acceptors (Lipinski definition) is 3. The maximum Gasteiger partial charge on any atom is 0.241 e. The van der Waals surface area contributed by atoms with E-state index in [2.05, 4.69) is 36.5 Å². The molecular formula is C17H26N2O2. The second-order valence-corrected chi connectivity index (χ2v) is 6.32. The van der Waals surface area contributed by atoms with Crippen molar-refractivity contribution in [2.24, 2.45) is 0 Å². The molecule has 1 heterocycles. The standard InChI is InChI=1S/C17H26N2O2/c1-6-13-7-9-14(10-8-13)15-18-12(2)16(20)19(15)11-17(3,4)21-5/h7-10,12,15,18H,6,11H2,1-5H3. The first-order valence-corrected chi connectivity index (χ1v) is 7.58. The van der Waals surface area contributed by atoms with E-state index >= 15 is 0 Å². The molecule has 0 spiro atoms. The Balaban J connectivity index is 2.24. The molecule has 1 amide bonds. The van der Waals surface area contributed by atoms with Crippen molar-refractivity contribution >= 4 is 5.91 Å². The number of aryl methyl sites for hydroxylation is 1. The predicted octanol–water partition coefficient (Wildman–Crippen LogP) is 2.49. The number of carbonyl (C=O) groups excluding carboxylic acids is 1. The summed E-state index contributed by atoms with van der Waals surface area (Å²) in [6.07, 6.45) is 0.946. The zero-order valence-corrected chi connectivity index (χ0v) is 13.6. The molecule has 1 fully saturated rings. The Morgan fingerprint density at radius 1 is 1.29 bits per heavy atom. The molecule has 1 aliphatic rings. The number of nitrogens with one attached hydrogen (secondary N) is 1. The lowest BCUT2D eigenvalue weighted by Crippen LogP contribution is -2.43. The van der Waals surface area contributed by atoms with Gasteiger partial charge in [0, 0.05) is 7.11 Å². The monoisotopic (exact) mass is 290 g/mol. The Morgan fingerprint density at radius 3 is 2.43 bits per heavy atom. The van der Waals surface area contributed by atoms with Crippen molar-refractivity contribution < 1.29 is 9.53 Å². The molecule has 2 rings (SSSR count). The van der Waals surface area contributed by atoms with E-state index in [1.54, 1.807) is 7.11 Å². The third-order valence-corrected chi connectivity index (χ3v) is 4.18. The van der Waals surface area contributed by atoms with Gasteiger partial charge in [0.1, 0.15) is 6.17 Å².